The molecule has 0 spiro atoms. The number of carboxylic acids is 1. The summed E-state index contributed by atoms with van der Waals surface area (Å²) in [4.78, 5) is 25.1. The van der Waals surface area contributed by atoms with Crippen molar-refractivity contribution in [2.24, 2.45) is 52.3 Å². The molecule has 0 bridgehead atoms. The van der Waals surface area contributed by atoms with Gasteiger partial charge in [0.25, 0.3) is 0 Å². The molecule has 170 valence electrons. The molecule has 5 unspecified atom stereocenters. The van der Waals surface area contributed by atoms with Gasteiger partial charge in [-0.25, -0.2) is 0 Å². The van der Waals surface area contributed by atoms with Crippen LogP contribution in [-0.2, 0) is 9.59 Å². The van der Waals surface area contributed by atoms with Crippen LogP contribution in [0.25, 0.3) is 0 Å². The fourth-order valence-electron chi connectivity index (χ4n) is 8.68. The SMILES string of the molecule is CC(CC(C)[C@H]1CCC2[C@H]3C(CC(=O)[C@@]21C)[C@@]1(C)CCC(O)C[C@H]1C[C@@H]3O)C(=O)O. The zero-order valence-electron chi connectivity index (χ0n) is 19.0. The molecule has 5 heteroatoms. The van der Waals surface area contributed by atoms with Gasteiger partial charge in [0, 0.05) is 11.8 Å². The predicted molar refractivity (Wildman–Crippen MR) is 114 cm³/mol. The van der Waals surface area contributed by atoms with E-state index in [0.29, 0.717) is 24.5 Å². The van der Waals surface area contributed by atoms with Crippen LogP contribution in [-0.4, -0.2) is 39.3 Å². The minimum Gasteiger partial charge on any atom is -0.481 e. The van der Waals surface area contributed by atoms with Gasteiger partial charge < -0.3 is 15.3 Å². The van der Waals surface area contributed by atoms with E-state index in [0.717, 1.165) is 38.5 Å². The van der Waals surface area contributed by atoms with Gasteiger partial charge in [-0.2, -0.15) is 0 Å². The maximum Gasteiger partial charge on any atom is 0.306 e. The van der Waals surface area contributed by atoms with Gasteiger partial charge in [0.1, 0.15) is 5.78 Å². The van der Waals surface area contributed by atoms with Crippen molar-refractivity contribution in [2.75, 3.05) is 0 Å². The highest BCUT2D eigenvalue weighted by atomic mass is 16.4. The lowest BCUT2D eigenvalue weighted by molar-refractivity contribution is -0.181. The number of aliphatic hydroxyl groups is 2. The zero-order chi connectivity index (χ0) is 22.0. The number of aliphatic carboxylic acids is 1. The van der Waals surface area contributed by atoms with Gasteiger partial charge in [0.2, 0.25) is 0 Å². The Balaban J connectivity index is 1.62. The largest absolute Gasteiger partial charge is 0.481 e. The summed E-state index contributed by atoms with van der Waals surface area (Å²) in [5, 5.41) is 30.8. The lowest BCUT2D eigenvalue weighted by Crippen LogP contribution is -2.61. The van der Waals surface area contributed by atoms with Crippen molar-refractivity contribution in [1.82, 2.24) is 0 Å². The van der Waals surface area contributed by atoms with Crippen molar-refractivity contribution in [3.05, 3.63) is 0 Å². The van der Waals surface area contributed by atoms with Crippen molar-refractivity contribution >= 4 is 11.8 Å². The second-order valence-corrected chi connectivity index (χ2v) is 11.8. The van der Waals surface area contributed by atoms with E-state index >= 15 is 0 Å². The van der Waals surface area contributed by atoms with Crippen LogP contribution in [0.2, 0.25) is 0 Å². The van der Waals surface area contributed by atoms with Crippen LogP contribution in [0.3, 0.4) is 0 Å². The minimum atomic E-state index is -0.766. The zero-order valence-corrected chi connectivity index (χ0v) is 19.0. The number of hydrogen-bond donors (Lipinski definition) is 3. The Morgan fingerprint density at radius 3 is 2.47 bits per heavy atom. The van der Waals surface area contributed by atoms with Gasteiger partial charge in [-0.1, -0.05) is 27.7 Å². The van der Waals surface area contributed by atoms with Gasteiger partial charge in [-0.3, -0.25) is 9.59 Å². The van der Waals surface area contributed by atoms with E-state index < -0.39 is 23.4 Å². The second kappa shape index (κ2) is 7.58. The Hall–Kier alpha value is -0.940. The first kappa shape index (κ1) is 22.3. The van der Waals surface area contributed by atoms with Gasteiger partial charge in [0.15, 0.2) is 0 Å². The Morgan fingerprint density at radius 1 is 1.10 bits per heavy atom. The number of fused-ring (bicyclic) bond motifs is 5. The molecular formula is C25H40O5. The van der Waals surface area contributed by atoms with Crippen LogP contribution in [0.5, 0.6) is 0 Å². The average molecular weight is 421 g/mol. The number of aliphatic hydroxyl groups excluding tert-OH is 2. The fourth-order valence-corrected chi connectivity index (χ4v) is 8.68. The lowest BCUT2D eigenvalue weighted by Gasteiger charge is -2.61. The molecule has 30 heavy (non-hydrogen) atoms. The summed E-state index contributed by atoms with van der Waals surface area (Å²) in [6.07, 6.45) is 5.61. The molecule has 4 rings (SSSR count). The van der Waals surface area contributed by atoms with E-state index in [2.05, 4.69) is 20.8 Å². The molecule has 3 N–H and O–H groups in total. The van der Waals surface area contributed by atoms with E-state index in [1.165, 1.54) is 0 Å². The molecular weight excluding hydrogens is 380 g/mol. The third kappa shape index (κ3) is 3.18. The van der Waals surface area contributed by atoms with Crippen molar-refractivity contribution in [3.63, 3.8) is 0 Å². The smallest absolute Gasteiger partial charge is 0.306 e. The van der Waals surface area contributed by atoms with Crippen molar-refractivity contribution < 1.29 is 24.9 Å². The van der Waals surface area contributed by atoms with E-state index in [9.17, 15) is 24.9 Å². The highest BCUT2D eigenvalue weighted by molar-refractivity contribution is 5.87. The maximum absolute atomic E-state index is 13.7. The minimum absolute atomic E-state index is 0.0294. The summed E-state index contributed by atoms with van der Waals surface area (Å²) in [6.45, 7) is 8.32. The summed E-state index contributed by atoms with van der Waals surface area (Å²) < 4.78 is 0. The van der Waals surface area contributed by atoms with E-state index in [1.54, 1.807) is 6.92 Å². The van der Waals surface area contributed by atoms with Gasteiger partial charge in [-0.05, 0) is 85.9 Å². The predicted octanol–water partition coefficient (Wildman–Crippen LogP) is 3.90. The third-order valence-electron chi connectivity index (χ3n) is 10.4. The Labute approximate surface area is 180 Å². The summed E-state index contributed by atoms with van der Waals surface area (Å²) in [5.41, 5.74) is -0.418. The molecule has 0 aromatic rings. The molecule has 0 saturated heterocycles. The molecule has 4 aliphatic carbocycles. The summed E-state index contributed by atoms with van der Waals surface area (Å²) in [5.74, 6) is 0.392. The van der Waals surface area contributed by atoms with E-state index in [1.807, 2.05) is 0 Å². The molecule has 11 atom stereocenters. The van der Waals surface area contributed by atoms with E-state index in [-0.39, 0.29) is 41.1 Å². The molecule has 0 heterocycles. The molecule has 4 aliphatic rings. The first-order valence-electron chi connectivity index (χ1n) is 12.1. The number of carbonyl (C=O) groups is 2. The molecule has 0 aromatic heterocycles. The molecule has 4 fully saturated rings. The highest BCUT2D eigenvalue weighted by Gasteiger charge is 2.65. The van der Waals surface area contributed by atoms with Crippen LogP contribution in [0.4, 0.5) is 0 Å². The third-order valence-corrected chi connectivity index (χ3v) is 10.4. The van der Waals surface area contributed by atoms with Crippen LogP contribution in [0.1, 0.15) is 79.1 Å². The number of ketones is 1. The van der Waals surface area contributed by atoms with Crippen LogP contribution >= 0.6 is 0 Å². The summed E-state index contributed by atoms with van der Waals surface area (Å²) in [6, 6.07) is 0. The molecule has 4 saturated carbocycles. The van der Waals surface area contributed by atoms with Crippen LogP contribution in [0.15, 0.2) is 0 Å². The van der Waals surface area contributed by atoms with Gasteiger partial charge in [0.05, 0.1) is 18.1 Å². The molecule has 0 radical (unpaired) electrons. The van der Waals surface area contributed by atoms with Gasteiger partial charge in [-0.15, -0.1) is 0 Å². The van der Waals surface area contributed by atoms with Crippen LogP contribution < -0.4 is 0 Å². The maximum atomic E-state index is 13.7. The van der Waals surface area contributed by atoms with E-state index in [4.69, 9.17) is 0 Å². The fraction of sp³-hybridized carbons (Fsp3) is 0.920. The Kier molecular flexibility index (Phi) is 5.63. The molecule has 0 aliphatic heterocycles. The number of hydrogen-bond acceptors (Lipinski definition) is 4. The monoisotopic (exact) mass is 420 g/mol. The van der Waals surface area contributed by atoms with Crippen molar-refractivity contribution in [3.8, 4) is 0 Å². The quantitative estimate of drug-likeness (QED) is 0.641. The Bertz CT molecular complexity index is 706. The first-order chi connectivity index (χ1) is 14.0. The first-order valence-corrected chi connectivity index (χ1v) is 12.1. The van der Waals surface area contributed by atoms with Gasteiger partial charge >= 0.3 is 5.97 Å². The molecule has 0 aromatic carbocycles. The average Bonchev–Trinajstić information content (AvgIpc) is 3.02. The number of rotatable bonds is 4. The van der Waals surface area contributed by atoms with Crippen LogP contribution in [0, 0.1) is 52.3 Å². The Morgan fingerprint density at radius 2 is 1.80 bits per heavy atom. The van der Waals surface area contributed by atoms with Crippen molar-refractivity contribution in [2.45, 2.75) is 91.3 Å². The number of carbonyl (C=O) groups excluding carboxylic acids is 1. The lowest BCUT2D eigenvalue weighted by atomic mass is 9.43. The standard InChI is InChI=1S/C25H40O5/c1-13(9-14(2)23(29)30)17-5-6-18-22-19(12-21(28)25(17,18)4)24(3)8-7-16(26)10-15(24)11-20(22)27/h13-20,22,26-27H,5-12H2,1-4H3,(H,29,30)/t13?,14?,15-,16?,17+,18?,19?,20-,22-,24-,25+/m0/s1. The summed E-state index contributed by atoms with van der Waals surface area (Å²) >= 11 is 0. The molecule has 5 nitrogen and oxygen atoms in total. The normalized spacial score (nSPS) is 50.2. The topological polar surface area (TPSA) is 94.8 Å². The molecule has 0 amide bonds. The number of Topliss-reactive ketones (excluding diaryl/α,β-unsaturated/α-hetero) is 1. The summed E-state index contributed by atoms with van der Waals surface area (Å²) in [7, 11) is 0. The second-order valence-electron chi connectivity index (χ2n) is 11.8. The highest BCUT2D eigenvalue weighted by Crippen LogP contribution is 2.67. The van der Waals surface area contributed by atoms with Crippen molar-refractivity contribution in [1.29, 1.82) is 0 Å². The number of carboxylic acid groups (broad SMARTS) is 1.